The first-order valence-electron chi connectivity index (χ1n) is 7.25. The van der Waals surface area contributed by atoms with Gasteiger partial charge in [0.25, 0.3) is 0 Å². The van der Waals surface area contributed by atoms with Crippen molar-refractivity contribution >= 4 is 23.5 Å². The van der Waals surface area contributed by atoms with E-state index >= 15 is 0 Å². The van der Waals surface area contributed by atoms with Crippen LogP contribution in [0.15, 0.2) is 24.3 Å². The van der Waals surface area contributed by atoms with Crippen molar-refractivity contribution in [2.24, 2.45) is 0 Å². The zero-order valence-corrected chi connectivity index (χ0v) is 14.3. The van der Waals surface area contributed by atoms with Crippen LogP contribution in [0.25, 0.3) is 12.2 Å². The first-order valence-corrected chi connectivity index (χ1v) is 7.25. The molecular formula is C18H22N2O4. The Labute approximate surface area is 141 Å². The van der Waals surface area contributed by atoms with Gasteiger partial charge in [0.05, 0.1) is 39.8 Å². The predicted octanol–water partition coefficient (Wildman–Crippen LogP) is 3.06. The van der Waals surface area contributed by atoms with Gasteiger partial charge in [0.1, 0.15) is 0 Å². The average Bonchev–Trinajstić information content (AvgIpc) is 2.58. The summed E-state index contributed by atoms with van der Waals surface area (Å²) in [6.07, 6.45) is 3.80. The predicted molar refractivity (Wildman–Crippen MR) is 96.8 cm³/mol. The van der Waals surface area contributed by atoms with Crippen LogP contribution in [0.4, 0.5) is 11.4 Å². The summed E-state index contributed by atoms with van der Waals surface area (Å²) in [6, 6.07) is 7.30. The standard InChI is InChI=1S/C18H22N2O4/c1-21-15-9-12(10-16(22-2)18(15)24-4)6-5-11-7-13(19)17(23-3)14(20)8-11/h5-10H,19-20H2,1-4H3/b6-5-. The normalized spacial score (nSPS) is 10.7. The van der Waals surface area contributed by atoms with Gasteiger partial charge in [0.2, 0.25) is 5.75 Å². The van der Waals surface area contributed by atoms with E-state index in [0.29, 0.717) is 34.4 Å². The Kier molecular flexibility index (Phi) is 5.42. The van der Waals surface area contributed by atoms with Gasteiger partial charge in [-0.3, -0.25) is 0 Å². The van der Waals surface area contributed by atoms with Crippen molar-refractivity contribution in [3.05, 3.63) is 35.4 Å². The van der Waals surface area contributed by atoms with E-state index in [2.05, 4.69) is 0 Å². The molecule has 2 aromatic rings. The van der Waals surface area contributed by atoms with E-state index in [-0.39, 0.29) is 0 Å². The zero-order valence-electron chi connectivity index (χ0n) is 14.3. The molecule has 4 N–H and O–H groups in total. The minimum atomic E-state index is 0.486. The largest absolute Gasteiger partial charge is 0.493 e. The molecular weight excluding hydrogens is 308 g/mol. The van der Waals surface area contributed by atoms with Gasteiger partial charge in [-0.1, -0.05) is 12.2 Å². The molecule has 0 saturated heterocycles. The highest BCUT2D eigenvalue weighted by atomic mass is 16.5. The number of methoxy groups -OCH3 is 4. The van der Waals surface area contributed by atoms with Crippen LogP contribution in [-0.2, 0) is 0 Å². The molecule has 6 nitrogen and oxygen atoms in total. The van der Waals surface area contributed by atoms with E-state index in [4.69, 9.17) is 30.4 Å². The van der Waals surface area contributed by atoms with Gasteiger partial charge < -0.3 is 30.4 Å². The molecule has 0 aliphatic heterocycles. The van der Waals surface area contributed by atoms with Crippen molar-refractivity contribution in [3.63, 3.8) is 0 Å². The van der Waals surface area contributed by atoms with E-state index in [1.165, 1.54) is 7.11 Å². The first-order chi connectivity index (χ1) is 11.5. The maximum atomic E-state index is 5.94. The molecule has 0 heterocycles. The second kappa shape index (κ2) is 7.50. The highest BCUT2D eigenvalue weighted by Crippen LogP contribution is 2.38. The molecule has 2 rings (SSSR count). The van der Waals surface area contributed by atoms with Gasteiger partial charge in [-0.15, -0.1) is 0 Å². The number of anilines is 2. The van der Waals surface area contributed by atoms with Crippen LogP contribution in [0.1, 0.15) is 11.1 Å². The lowest BCUT2D eigenvalue weighted by molar-refractivity contribution is 0.324. The summed E-state index contributed by atoms with van der Waals surface area (Å²) in [5, 5.41) is 0. The smallest absolute Gasteiger partial charge is 0.203 e. The van der Waals surface area contributed by atoms with Crippen LogP contribution in [0.5, 0.6) is 23.0 Å². The van der Waals surface area contributed by atoms with Crippen LogP contribution < -0.4 is 30.4 Å². The number of hydrogen-bond donors (Lipinski definition) is 2. The van der Waals surface area contributed by atoms with Crippen LogP contribution in [0, 0.1) is 0 Å². The van der Waals surface area contributed by atoms with E-state index in [9.17, 15) is 0 Å². The lowest BCUT2D eigenvalue weighted by Gasteiger charge is -2.13. The van der Waals surface area contributed by atoms with Crippen LogP contribution in [0.2, 0.25) is 0 Å². The molecule has 6 heteroatoms. The highest BCUT2D eigenvalue weighted by Gasteiger charge is 2.12. The third-order valence-electron chi connectivity index (χ3n) is 3.53. The minimum Gasteiger partial charge on any atom is -0.493 e. The molecule has 128 valence electrons. The fraction of sp³-hybridized carbons (Fsp3) is 0.222. The molecule has 0 bridgehead atoms. The molecule has 0 spiro atoms. The Morgan fingerprint density at radius 3 is 1.42 bits per heavy atom. The van der Waals surface area contributed by atoms with E-state index in [0.717, 1.165) is 11.1 Å². The molecule has 24 heavy (non-hydrogen) atoms. The molecule has 0 fully saturated rings. The van der Waals surface area contributed by atoms with E-state index < -0.39 is 0 Å². The fourth-order valence-corrected chi connectivity index (χ4v) is 2.42. The topological polar surface area (TPSA) is 89.0 Å². The Morgan fingerprint density at radius 1 is 0.625 bits per heavy atom. The van der Waals surface area contributed by atoms with Gasteiger partial charge in [-0.05, 0) is 35.4 Å². The summed E-state index contributed by atoms with van der Waals surface area (Å²) in [6.45, 7) is 0. The zero-order chi connectivity index (χ0) is 17.7. The second-order valence-corrected chi connectivity index (χ2v) is 5.02. The van der Waals surface area contributed by atoms with Gasteiger partial charge >= 0.3 is 0 Å². The molecule has 0 aliphatic carbocycles. The van der Waals surface area contributed by atoms with Crippen molar-refractivity contribution in [1.29, 1.82) is 0 Å². The number of nitrogens with two attached hydrogens (primary N) is 2. The lowest BCUT2D eigenvalue weighted by atomic mass is 10.1. The molecule has 0 saturated carbocycles. The number of nitrogen functional groups attached to an aromatic ring is 2. The Morgan fingerprint density at radius 2 is 1.04 bits per heavy atom. The SMILES string of the molecule is COc1cc(/C=C\c2cc(N)c(OC)c(N)c2)cc(OC)c1OC. The van der Waals surface area contributed by atoms with Crippen molar-refractivity contribution in [2.75, 3.05) is 39.9 Å². The van der Waals surface area contributed by atoms with Crippen molar-refractivity contribution in [3.8, 4) is 23.0 Å². The number of rotatable bonds is 6. The quantitative estimate of drug-likeness (QED) is 0.625. The Balaban J connectivity index is 2.39. The van der Waals surface area contributed by atoms with E-state index in [1.54, 1.807) is 33.5 Å². The maximum absolute atomic E-state index is 5.94. The summed E-state index contributed by atoms with van der Waals surface area (Å²) < 4.78 is 21.2. The van der Waals surface area contributed by atoms with Crippen LogP contribution >= 0.6 is 0 Å². The lowest BCUT2D eigenvalue weighted by Crippen LogP contribution is -1.98. The maximum Gasteiger partial charge on any atom is 0.203 e. The summed E-state index contributed by atoms with van der Waals surface area (Å²) in [5.74, 6) is 2.21. The molecule has 0 radical (unpaired) electrons. The van der Waals surface area contributed by atoms with Gasteiger partial charge in [-0.25, -0.2) is 0 Å². The van der Waals surface area contributed by atoms with Crippen LogP contribution in [-0.4, -0.2) is 28.4 Å². The van der Waals surface area contributed by atoms with Crippen molar-refractivity contribution in [2.45, 2.75) is 0 Å². The van der Waals surface area contributed by atoms with E-state index in [1.807, 2.05) is 24.3 Å². The van der Waals surface area contributed by atoms with Gasteiger partial charge in [0.15, 0.2) is 17.2 Å². The Bertz CT molecular complexity index is 709. The van der Waals surface area contributed by atoms with Crippen molar-refractivity contribution in [1.82, 2.24) is 0 Å². The Hall–Kier alpha value is -3.02. The number of benzene rings is 2. The summed E-state index contributed by atoms with van der Waals surface area (Å²) in [4.78, 5) is 0. The third-order valence-corrected chi connectivity index (χ3v) is 3.53. The third kappa shape index (κ3) is 3.48. The molecule has 2 aromatic carbocycles. The average molecular weight is 330 g/mol. The number of ether oxygens (including phenoxy) is 4. The molecule has 0 atom stereocenters. The monoisotopic (exact) mass is 330 g/mol. The van der Waals surface area contributed by atoms with Crippen molar-refractivity contribution < 1.29 is 18.9 Å². The highest BCUT2D eigenvalue weighted by molar-refractivity contribution is 5.78. The summed E-state index contributed by atoms with van der Waals surface area (Å²) >= 11 is 0. The molecule has 0 amide bonds. The minimum absolute atomic E-state index is 0.486. The molecule has 0 aliphatic rings. The second-order valence-electron chi connectivity index (χ2n) is 5.02. The fourth-order valence-electron chi connectivity index (χ4n) is 2.42. The number of hydrogen-bond acceptors (Lipinski definition) is 6. The molecule has 0 aromatic heterocycles. The summed E-state index contributed by atoms with van der Waals surface area (Å²) in [5.41, 5.74) is 14.6. The van der Waals surface area contributed by atoms with Gasteiger partial charge in [-0.2, -0.15) is 0 Å². The summed E-state index contributed by atoms with van der Waals surface area (Å²) in [7, 11) is 6.26. The first kappa shape index (κ1) is 17.3. The molecule has 0 unspecified atom stereocenters. The van der Waals surface area contributed by atoms with Crippen LogP contribution in [0.3, 0.4) is 0 Å². The van der Waals surface area contributed by atoms with Gasteiger partial charge in [0, 0.05) is 0 Å².